The van der Waals surface area contributed by atoms with Gasteiger partial charge in [0.2, 0.25) is 5.95 Å². The Hall–Kier alpha value is -3.51. The smallest absolute Gasteiger partial charge is 0.475 e. The van der Waals surface area contributed by atoms with Gasteiger partial charge < -0.3 is 14.6 Å². The van der Waals surface area contributed by atoms with Gasteiger partial charge in [0.25, 0.3) is 0 Å². The number of aromatic nitrogens is 7. The molecule has 166 valence electrons. The summed E-state index contributed by atoms with van der Waals surface area (Å²) in [7, 11) is 0. The molecule has 1 aliphatic rings. The highest BCUT2D eigenvalue weighted by Gasteiger charge is 2.38. The summed E-state index contributed by atoms with van der Waals surface area (Å²) in [6.45, 7) is 5.43. The van der Waals surface area contributed by atoms with Crippen molar-refractivity contribution in [2.45, 2.75) is 39.0 Å². The lowest BCUT2D eigenvalue weighted by molar-refractivity contribution is -0.192. The molecular formula is C18H21F3N8O2. The van der Waals surface area contributed by atoms with Crippen molar-refractivity contribution in [2.24, 2.45) is 0 Å². The van der Waals surface area contributed by atoms with E-state index in [2.05, 4.69) is 41.4 Å². The van der Waals surface area contributed by atoms with Crippen LogP contribution < -0.4 is 4.90 Å². The summed E-state index contributed by atoms with van der Waals surface area (Å²) in [6, 6.07) is 0. The number of hydrogen-bond donors (Lipinski definition) is 1. The minimum atomic E-state index is -5.08. The Morgan fingerprint density at radius 3 is 2.42 bits per heavy atom. The quantitative estimate of drug-likeness (QED) is 0.653. The Morgan fingerprint density at radius 2 is 1.84 bits per heavy atom. The maximum Gasteiger partial charge on any atom is 0.490 e. The number of nitrogens with zero attached hydrogens (tertiary/aromatic N) is 8. The van der Waals surface area contributed by atoms with Crippen molar-refractivity contribution < 1.29 is 23.1 Å². The molecule has 0 bridgehead atoms. The van der Waals surface area contributed by atoms with Gasteiger partial charge in [-0.1, -0.05) is 6.92 Å². The number of carboxylic acids is 1. The Morgan fingerprint density at radius 1 is 1.13 bits per heavy atom. The standard InChI is InChI=1S/C16H20N8.C2HF3O2/c1-2-13-7-19-16(20-8-13)22-4-3-15-18-9-14(24(15)6-5-22)10-23-12-17-11-21-23;3-2(4,5)1(6)7/h7-9,11-12H,2-6,10H2,1H3;(H,6,7). The summed E-state index contributed by atoms with van der Waals surface area (Å²) < 4.78 is 35.8. The van der Waals surface area contributed by atoms with E-state index in [1.807, 2.05) is 23.3 Å². The number of aryl methyl sites for hydroxylation is 1. The van der Waals surface area contributed by atoms with Gasteiger partial charge in [-0.25, -0.2) is 29.4 Å². The van der Waals surface area contributed by atoms with Crippen molar-refractivity contribution in [2.75, 3.05) is 18.0 Å². The zero-order valence-corrected chi connectivity index (χ0v) is 16.7. The molecule has 4 rings (SSSR count). The topological polar surface area (TPSA) is 115 Å². The molecule has 0 amide bonds. The zero-order valence-electron chi connectivity index (χ0n) is 16.7. The Bertz CT molecular complexity index is 986. The van der Waals surface area contributed by atoms with Gasteiger partial charge in [-0.2, -0.15) is 18.3 Å². The van der Waals surface area contributed by atoms with Gasteiger partial charge in [0.05, 0.1) is 18.4 Å². The fraction of sp³-hybridized carbons (Fsp3) is 0.444. The first-order chi connectivity index (χ1) is 14.8. The average molecular weight is 438 g/mol. The second-order valence-corrected chi connectivity index (χ2v) is 6.70. The first-order valence-corrected chi connectivity index (χ1v) is 9.49. The molecule has 0 fully saturated rings. The first kappa shape index (κ1) is 22.2. The zero-order chi connectivity index (χ0) is 22.4. The molecule has 4 heterocycles. The minimum Gasteiger partial charge on any atom is -0.475 e. The highest BCUT2D eigenvalue weighted by atomic mass is 19.4. The van der Waals surface area contributed by atoms with Crippen molar-refractivity contribution in [1.29, 1.82) is 0 Å². The molecule has 0 spiro atoms. The van der Waals surface area contributed by atoms with Crippen LogP contribution in [0.15, 0.2) is 31.2 Å². The van der Waals surface area contributed by atoms with Gasteiger partial charge in [-0.05, 0) is 12.0 Å². The minimum absolute atomic E-state index is 0.689. The molecule has 3 aromatic heterocycles. The number of hydrogen-bond acceptors (Lipinski definition) is 7. The van der Waals surface area contributed by atoms with E-state index in [4.69, 9.17) is 9.90 Å². The van der Waals surface area contributed by atoms with E-state index >= 15 is 0 Å². The van der Waals surface area contributed by atoms with Crippen LogP contribution in [-0.2, 0) is 30.7 Å². The predicted octanol–water partition coefficient (Wildman–Crippen LogP) is 1.57. The van der Waals surface area contributed by atoms with Crippen LogP contribution in [0.4, 0.5) is 19.1 Å². The Labute approximate surface area is 175 Å². The third kappa shape index (κ3) is 5.77. The molecule has 0 aromatic carbocycles. The van der Waals surface area contributed by atoms with E-state index in [-0.39, 0.29) is 0 Å². The van der Waals surface area contributed by atoms with Crippen LogP contribution in [0.2, 0.25) is 0 Å². The summed E-state index contributed by atoms with van der Waals surface area (Å²) in [5, 5.41) is 11.3. The number of carbonyl (C=O) groups is 1. The van der Waals surface area contributed by atoms with Gasteiger partial charge in [0.1, 0.15) is 18.5 Å². The molecule has 3 aromatic rings. The highest BCUT2D eigenvalue weighted by Crippen LogP contribution is 2.16. The third-order valence-corrected chi connectivity index (χ3v) is 4.64. The largest absolute Gasteiger partial charge is 0.490 e. The fourth-order valence-electron chi connectivity index (χ4n) is 2.99. The monoisotopic (exact) mass is 438 g/mol. The lowest BCUT2D eigenvalue weighted by Gasteiger charge is -2.20. The number of rotatable bonds is 4. The average Bonchev–Trinajstić information content (AvgIpc) is 3.33. The van der Waals surface area contributed by atoms with Crippen molar-refractivity contribution in [3.05, 3.63) is 48.3 Å². The highest BCUT2D eigenvalue weighted by molar-refractivity contribution is 5.73. The van der Waals surface area contributed by atoms with Crippen LogP contribution in [0, 0.1) is 0 Å². The van der Waals surface area contributed by atoms with Gasteiger partial charge >= 0.3 is 12.1 Å². The van der Waals surface area contributed by atoms with Gasteiger partial charge in [-0.15, -0.1) is 0 Å². The van der Waals surface area contributed by atoms with Crippen molar-refractivity contribution >= 4 is 11.9 Å². The van der Waals surface area contributed by atoms with Gasteiger partial charge in [-0.3, -0.25) is 0 Å². The van der Waals surface area contributed by atoms with Gasteiger partial charge in [0, 0.05) is 38.4 Å². The molecule has 0 radical (unpaired) electrons. The third-order valence-electron chi connectivity index (χ3n) is 4.64. The lowest BCUT2D eigenvalue weighted by atomic mass is 10.3. The summed E-state index contributed by atoms with van der Waals surface area (Å²) in [5.74, 6) is -0.846. The molecule has 0 unspecified atom stereocenters. The van der Waals surface area contributed by atoms with Crippen LogP contribution in [0.1, 0.15) is 24.0 Å². The number of carboxylic acid groups (broad SMARTS) is 1. The van der Waals surface area contributed by atoms with E-state index in [0.29, 0.717) is 6.54 Å². The molecular weight excluding hydrogens is 417 g/mol. The predicted molar refractivity (Wildman–Crippen MR) is 102 cm³/mol. The van der Waals surface area contributed by atoms with Crippen LogP contribution in [-0.4, -0.2) is 64.6 Å². The molecule has 0 aliphatic carbocycles. The number of halogens is 3. The molecule has 1 aliphatic heterocycles. The van der Waals surface area contributed by atoms with E-state index in [9.17, 15) is 13.2 Å². The van der Waals surface area contributed by atoms with Crippen LogP contribution in [0.25, 0.3) is 0 Å². The molecule has 10 nitrogen and oxygen atoms in total. The summed E-state index contributed by atoms with van der Waals surface area (Å²) >= 11 is 0. The molecule has 0 atom stereocenters. The van der Waals surface area contributed by atoms with E-state index in [1.165, 1.54) is 0 Å². The molecule has 13 heteroatoms. The summed E-state index contributed by atoms with van der Waals surface area (Å²) in [6.07, 6.45) is 5.82. The summed E-state index contributed by atoms with van der Waals surface area (Å²) in [4.78, 5) is 28.7. The van der Waals surface area contributed by atoms with Crippen LogP contribution in [0.5, 0.6) is 0 Å². The maximum absolute atomic E-state index is 10.6. The van der Waals surface area contributed by atoms with E-state index < -0.39 is 12.1 Å². The molecule has 0 saturated heterocycles. The molecule has 1 N–H and O–H groups in total. The van der Waals surface area contributed by atoms with E-state index in [1.54, 1.807) is 12.7 Å². The lowest BCUT2D eigenvalue weighted by Crippen LogP contribution is -2.28. The molecule has 31 heavy (non-hydrogen) atoms. The van der Waals surface area contributed by atoms with Crippen molar-refractivity contribution in [1.82, 2.24) is 34.3 Å². The van der Waals surface area contributed by atoms with Crippen molar-refractivity contribution in [3.63, 3.8) is 0 Å². The number of anilines is 1. The van der Waals surface area contributed by atoms with Crippen molar-refractivity contribution in [3.8, 4) is 0 Å². The van der Waals surface area contributed by atoms with E-state index in [0.717, 1.165) is 55.5 Å². The molecule has 0 saturated carbocycles. The number of fused-ring (bicyclic) bond motifs is 1. The Kier molecular flexibility index (Phi) is 6.82. The fourth-order valence-corrected chi connectivity index (χ4v) is 2.99. The van der Waals surface area contributed by atoms with Crippen LogP contribution >= 0.6 is 0 Å². The Balaban J connectivity index is 0.000000339. The van der Waals surface area contributed by atoms with Gasteiger partial charge in [0.15, 0.2) is 0 Å². The maximum atomic E-state index is 10.6. The summed E-state index contributed by atoms with van der Waals surface area (Å²) in [5.41, 5.74) is 2.32. The second kappa shape index (κ2) is 9.53. The normalized spacial score (nSPS) is 13.7. The van der Waals surface area contributed by atoms with Crippen LogP contribution in [0.3, 0.4) is 0 Å². The second-order valence-electron chi connectivity index (χ2n) is 6.70. The SMILES string of the molecule is CCc1cnc(N2CCc3ncc(Cn4cncn4)n3CC2)nc1.O=C(O)C(F)(F)F. The number of alkyl halides is 3. The number of imidazole rings is 1. The number of aliphatic carboxylic acids is 1. The first-order valence-electron chi connectivity index (χ1n) is 9.49.